The molecule has 4 heterocycles. The minimum Gasteiger partial charge on any atom is -0.368 e. The SMILES string of the molecule is CCc1nc(Nc2ccc(C=O)cn2)nc(N2CCN(c3ccncc3)CC2)n1. The molecule has 0 bridgehead atoms. The highest BCUT2D eigenvalue weighted by atomic mass is 16.1. The number of piperazine rings is 1. The lowest BCUT2D eigenvalue weighted by Gasteiger charge is -2.36. The summed E-state index contributed by atoms with van der Waals surface area (Å²) in [5.74, 6) is 2.42. The molecule has 0 amide bonds. The van der Waals surface area contributed by atoms with Gasteiger partial charge in [-0.3, -0.25) is 9.78 Å². The van der Waals surface area contributed by atoms with Gasteiger partial charge in [-0.15, -0.1) is 0 Å². The second-order valence-corrected chi connectivity index (χ2v) is 6.63. The molecule has 3 aromatic heterocycles. The Morgan fingerprint density at radius 1 is 1.00 bits per heavy atom. The summed E-state index contributed by atoms with van der Waals surface area (Å²) in [6.07, 6.45) is 6.61. The Hall–Kier alpha value is -3.62. The molecule has 3 aromatic rings. The Labute approximate surface area is 168 Å². The second kappa shape index (κ2) is 8.59. The van der Waals surface area contributed by atoms with Crippen molar-refractivity contribution in [2.75, 3.05) is 41.3 Å². The molecule has 0 saturated carbocycles. The number of nitrogens with zero attached hydrogens (tertiary/aromatic N) is 7. The maximum absolute atomic E-state index is 10.8. The van der Waals surface area contributed by atoms with Crippen LogP contribution in [0.25, 0.3) is 0 Å². The summed E-state index contributed by atoms with van der Waals surface area (Å²) >= 11 is 0. The van der Waals surface area contributed by atoms with Crippen LogP contribution in [0.3, 0.4) is 0 Å². The van der Waals surface area contributed by atoms with Crippen LogP contribution in [0.1, 0.15) is 23.1 Å². The molecule has 1 saturated heterocycles. The summed E-state index contributed by atoms with van der Waals surface area (Å²) in [5, 5.41) is 3.11. The van der Waals surface area contributed by atoms with Crippen molar-refractivity contribution in [2.24, 2.45) is 0 Å². The van der Waals surface area contributed by atoms with Gasteiger partial charge in [-0.2, -0.15) is 15.0 Å². The highest BCUT2D eigenvalue weighted by Gasteiger charge is 2.20. The largest absolute Gasteiger partial charge is 0.368 e. The van der Waals surface area contributed by atoms with Crippen molar-refractivity contribution in [1.82, 2.24) is 24.9 Å². The summed E-state index contributed by atoms with van der Waals surface area (Å²) < 4.78 is 0. The number of aromatic nitrogens is 5. The van der Waals surface area contributed by atoms with Crippen LogP contribution < -0.4 is 15.1 Å². The van der Waals surface area contributed by atoms with E-state index >= 15 is 0 Å². The average molecular weight is 390 g/mol. The fourth-order valence-electron chi connectivity index (χ4n) is 3.15. The third-order valence-electron chi connectivity index (χ3n) is 4.74. The number of pyridine rings is 2. The highest BCUT2D eigenvalue weighted by Crippen LogP contribution is 2.19. The molecule has 1 N–H and O–H groups in total. The summed E-state index contributed by atoms with van der Waals surface area (Å²) in [4.78, 5) is 37.3. The van der Waals surface area contributed by atoms with E-state index in [1.807, 2.05) is 31.5 Å². The Kier molecular flexibility index (Phi) is 5.55. The van der Waals surface area contributed by atoms with Crippen LogP contribution in [0.5, 0.6) is 0 Å². The molecule has 4 rings (SSSR count). The molecule has 1 aliphatic rings. The van der Waals surface area contributed by atoms with E-state index in [1.165, 1.54) is 11.9 Å². The fraction of sp³-hybridized carbons (Fsp3) is 0.300. The van der Waals surface area contributed by atoms with E-state index in [0.717, 1.165) is 38.3 Å². The zero-order valence-electron chi connectivity index (χ0n) is 16.2. The van der Waals surface area contributed by atoms with Crippen LogP contribution in [-0.2, 0) is 6.42 Å². The first kappa shape index (κ1) is 18.7. The molecule has 0 spiro atoms. The third-order valence-corrected chi connectivity index (χ3v) is 4.74. The van der Waals surface area contributed by atoms with E-state index in [-0.39, 0.29) is 0 Å². The van der Waals surface area contributed by atoms with Crippen LogP contribution in [0, 0.1) is 0 Å². The number of hydrogen-bond acceptors (Lipinski definition) is 9. The van der Waals surface area contributed by atoms with Crippen LogP contribution in [0.15, 0.2) is 42.9 Å². The smallest absolute Gasteiger partial charge is 0.233 e. The first-order valence-electron chi connectivity index (χ1n) is 9.58. The van der Waals surface area contributed by atoms with E-state index in [9.17, 15) is 4.79 Å². The second-order valence-electron chi connectivity index (χ2n) is 6.63. The van der Waals surface area contributed by atoms with Gasteiger partial charge in [0.2, 0.25) is 11.9 Å². The van der Waals surface area contributed by atoms with E-state index in [2.05, 4.69) is 40.0 Å². The summed E-state index contributed by atoms with van der Waals surface area (Å²) in [6, 6.07) is 7.48. The number of anilines is 4. The van der Waals surface area contributed by atoms with E-state index < -0.39 is 0 Å². The molecule has 148 valence electrons. The first-order chi connectivity index (χ1) is 14.2. The number of rotatable bonds is 6. The molecule has 1 fully saturated rings. The molecule has 0 aromatic carbocycles. The number of aldehydes is 1. The van der Waals surface area contributed by atoms with E-state index in [4.69, 9.17) is 0 Å². The molecule has 0 aliphatic carbocycles. The number of hydrogen-bond donors (Lipinski definition) is 1. The fourth-order valence-corrected chi connectivity index (χ4v) is 3.15. The molecule has 1 aliphatic heterocycles. The number of aryl methyl sites for hydroxylation is 1. The van der Waals surface area contributed by atoms with Crippen molar-refractivity contribution in [3.63, 3.8) is 0 Å². The van der Waals surface area contributed by atoms with Crippen LogP contribution in [0.4, 0.5) is 23.4 Å². The molecular formula is C20H22N8O. The predicted octanol–water partition coefficient (Wildman–Crippen LogP) is 2.11. The van der Waals surface area contributed by atoms with Crippen LogP contribution in [0.2, 0.25) is 0 Å². The minimum atomic E-state index is 0.453. The molecule has 0 radical (unpaired) electrons. The lowest BCUT2D eigenvalue weighted by Crippen LogP contribution is -2.47. The zero-order chi connectivity index (χ0) is 20.1. The van der Waals surface area contributed by atoms with Gasteiger partial charge in [-0.05, 0) is 24.3 Å². The number of carbonyl (C=O) groups excluding carboxylic acids is 1. The molecule has 0 atom stereocenters. The molecule has 9 nitrogen and oxygen atoms in total. The third kappa shape index (κ3) is 4.45. The van der Waals surface area contributed by atoms with Crippen molar-refractivity contribution in [3.8, 4) is 0 Å². The van der Waals surface area contributed by atoms with Crippen molar-refractivity contribution >= 4 is 29.7 Å². The van der Waals surface area contributed by atoms with Gasteiger partial charge in [0.25, 0.3) is 0 Å². The Morgan fingerprint density at radius 3 is 2.41 bits per heavy atom. The zero-order valence-corrected chi connectivity index (χ0v) is 16.2. The number of carbonyl (C=O) groups is 1. The van der Waals surface area contributed by atoms with Gasteiger partial charge in [0.1, 0.15) is 11.6 Å². The maximum Gasteiger partial charge on any atom is 0.233 e. The monoisotopic (exact) mass is 390 g/mol. The van der Waals surface area contributed by atoms with Crippen molar-refractivity contribution in [3.05, 3.63) is 54.2 Å². The number of nitrogens with one attached hydrogen (secondary N) is 1. The summed E-state index contributed by atoms with van der Waals surface area (Å²) in [6.45, 7) is 5.42. The lowest BCUT2D eigenvalue weighted by molar-refractivity contribution is 0.112. The molecule has 9 heteroatoms. The molecule has 0 unspecified atom stereocenters. The molecule has 29 heavy (non-hydrogen) atoms. The Morgan fingerprint density at radius 2 is 1.76 bits per heavy atom. The van der Waals surface area contributed by atoms with Crippen molar-refractivity contribution < 1.29 is 4.79 Å². The van der Waals surface area contributed by atoms with Crippen molar-refractivity contribution in [2.45, 2.75) is 13.3 Å². The van der Waals surface area contributed by atoms with Crippen LogP contribution >= 0.6 is 0 Å². The summed E-state index contributed by atoms with van der Waals surface area (Å²) in [7, 11) is 0. The van der Waals surface area contributed by atoms with Gasteiger partial charge in [0.15, 0.2) is 6.29 Å². The Balaban J connectivity index is 1.48. The predicted molar refractivity (Wildman–Crippen MR) is 111 cm³/mol. The standard InChI is InChI=1S/C20H22N8O/c1-2-17-23-19(24-18-4-3-15(14-29)13-22-18)26-20(25-17)28-11-9-27(10-12-28)16-5-7-21-8-6-16/h3-8,13-14H,2,9-12H2,1H3,(H,22,23,24,25,26). The lowest BCUT2D eigenvalue weighted by atomic mass is 10.3. The minimum absolute atomic E-state index is 0.453. The Bertz CT molecular complexity index is 956. The highest BCUT2D eigenvalue weighted by molar-refractivity contribution is 5.74. The van der Waals surface area contributed by atoms with E-state index in [0.29, 0.717) is 29.7 Å². The van der Waals surface area contributed by atoms with Gasteiger partial charge in [0, 0.05) is 62.4 Å². The first-order valence-corrected chi connectivity index (χ1v) is 9.58. The van der Waals surface area contributed by atoms with Gasteiger partial charge in [0.05, 0.1) is 0 Å². The topological polar surface area (TPSA) is 100 Å². The normalized spacial score (nSPS) is 14.0. The van der Waals surface area contributed by atoms with Gasteiger partial charge in [-0.1, -0.05) is 6.92 Å². The molecular weight excluding hydrogens is 368 g/mol. The quantitative estimate of drug-likeness (QED) is 0.634. The van der Waals surface area contributed by atoms with Gasteiger partial charge >= 0.3 is 0 Å². The van der Waals surface area contributed by atoms with Crippen LogP contribution in [-0.4, -0.2) is 57.4 Å². The van der Waals surface area contributed by atoms with Gasteiger partial charge < -0.3 is 15.1 Å². The maximum atomic E-state index is 10.8. The van der Waals surface area contributed by atoms with Gasteiger partial charge in [-0.25, -0.2) is 4.98 Å². The average Bonchev–Trinajstić information content (AvgIpc) is 2.80. The van der Waals surface area contributed by atoms with E-state index in [1.54, 1.807) is 12.1 Å². The van der Waals surface area contributed by atoms with Crippen molar-refractivity contribution in [1.29, 1.82) is 0 Å². The summed E-state index contributed by atoms with van der Waals surface area (Å²) in [5.41, 5.74) is 1.70.